The molecule has 0 atom stereocenters. The number of aryl methyl sites for hydroxylation is 1. The molecule has 0 unspecified atom stereocenters. The molecule has 1 fully saturated rings. The molecule has 2 aromatic heterocycles. The standard InChI is InChI=1S/C25H21FIN5O4/c1-12-19-18(20(31(2)22(12)34)29-17-7-6-14(27)11-16(17)26)21(33)30-24(36)32(19)15-5-3-4-13(10-15)25(8-9-25)23(28)35/h3-7,10-11,29H,8-9H2,1-2H3,(H2,28,35)(H,30,33,36). The van der Waals surface area contributed by atoms with E-state index >= 15 is 0 Å². The van der Waals surface area contributed by atoms with Gasteiger partial charge in [0.05, 0.1) is 22.3 Å². The Morgan fingerprint density at radius 3 is 2.53 bits per heavy atom. The van der Waals surface area contributed by atoms with Crippen molar-refractivity contribution in [1.82, 2.24) is 14.1 Å². The van der Waals surface area contributed by atoms with Crippen molar-refractivity contribution in [3.05, 3.63) is 94.2 Å². The van der Waals surface area contributed by atoms with Gasteiger partial charge in [-0.3, -0.25) is 28.5 Å². The lowest BCUT2D eigenvalue weighted by molar-refractivity contribution is -0.120. The maximum atomic E-state index is 14.7. The van der Waals surface area contributed by atoms with Crippen LogP contribution < -0.4 is 27.9 Å². The number of fused-ring (bicyclic) bond motifs is 1. The number of amides is 1. The molecule has 1 aliphatic carbocycles. The minimum Gasteiger partial charge on any atom is -0.369 e. The second kappa shape index (κ2) is 8.43. The number of hydrogen-bond acceptors (Lipinski definition) is 5. The molecule has 11 heteroatoms. The van der Waals surface area contributed by atoms with Gasteiger partial charge in [0, 0.05) is 16.2 Å². The van der Waals surface area contributed by atoms with Gasteiger partial charge in [-0.1, -0.05) is 12.1 Å². The number of hydrogen-bond donors (Lipinski definition) is 3. The lowest BCUT2D eigenvalue weighted by Gasteiger charge is -2.19. The third-order valence-corrected chi connectivity index (χ3v) is 7.40. The van der Waals surface area contributed by atoms with Crippen molar-refractivity contribution in [3.8, 4) is 5.69 Å². The van der Waals surface area contributed by atoms with Gasteiger partial charge in [0.1, 0.15) is 17.0 Å². The molecule has 1 saturated carbocycles. The Hall–Kier alpha value is -3.74. The highest BCUT2D eigenvalue weighted by Gasteiger charge is 2.50. The Bertz CT molecular complexity index is 1770. The van der Waals surface area contributed by atoms with Crippen LogP contribution in [0.15, 0.2) is 56.8 Å². The lowest BCUT2D eigenvalue weighted by atomic mass is 9.95. The Balaban J connectivity index is 1.82. The number of carbonyl (C=O) groups is 1. The smallest absolute Gasteiger partial charge is 0.333 e. The van der Waals surface area contributed by atoms with E-state index in [1.165, 1.54) is 35.2 Å². The van der Waals surface area contributed by atoms with Crippen molar-refractivity contribution in [3.63, 3.8) is 0 Å². The number of H-pyrrole nitrogens is 1. The van der Waals surface area contributed by atoms with Crippen LogP contribution in [0.25, 0.3) is 16.6 Å². The quantitative estimate of drug-likeness (QED) is 0.303. The largest absolute Gasteiger partial charge is 0.369 e. The molecular weight excluding hydrogens is 580 g/mol. The highest BCUT2D eigenvalue weighted by atomic mass is 127. The van der Waals surface area contributed by atoms with Crippen LogP contribution in [0.1, 0.15) is 24.0 Å². The van der Waals surface area contributed by atoms with E-state index in [1.807, 2.05) is 22.6 Å². The van der Waals surface area contributed by atoms with Crippen molar-refractivity contribution in [2.75, 3.05) is 5.32 Å². The Labute approximate surface area is 216 Å². The number of pyridine rings is 1. The predicted octanol–water partition coefficient (Wildman–Crippen LogP) is 2.69. The molecule has 2 heterocycles. The topological polar surface area (TPSA) is 132 Å². The fourth-order valence-electron chi connectivity index (χ4n) is 4.59. The van der Waals surface area contributed by atoms with Gasteiger partial charge in [-0.2, -0.15) is 0 Å². The van der Waals surface area contributed by atoms with Crippen molar-refractivity contribution in [1.29, 1.82) is 0 Å². The summed E-state index contributed by atoms with van der Waals surface area (Å²) in [6.07, 6.45) is 1.20. The van der Waals surface area contributed by atoms with Crippen molar-refractivity contribution in [2.45, 2.75) is 25.2 Å². The second-order valence-electron chi connectivity index (χ2n) is 8.90. The molecule has 4 aromatic rings. The average Bonchev–Trinajstić information content (AvgIpc) is 3.64. The number of aromatic amines is 1. The minimum absolute atomic E-state index is 0.00795. The number of primary amides is 1. The molecule has 0 bridgehead atoms. The summed E-state index contributed by atoms with van der Waals surface area (Å²) in [6, 6.07) is 11.3. The summed E-state index contributed by atoms with van der Waals surface area (Å²) in [5, 5.41) is 2.87. The number of carbonyl (C=O) groups excluding carboxylic acids is 1. The van der Waals surface area contributed by atoms with Crippen LogP contribution in [-0.2, 0) is 17.3 Å². The highest BCUT2D eigenvalue weighted by molar-refractivity contribution is 14.1. The van der Waals surface area contributed by atoms with E-state index in [2.05, 4.69) is 10.3 Å². The van der Waals surface area contributed by atoms with E-state index < -0.39 is 33.9 Å². The van der Waals surface area contributed by atoms with E-state index in [4.69, 9.17) is 5.73 Å². The summed E-state index contributed by atoms with van der Waals surface area (Å²) in [6.45, 7) is 1.52. The summed E-state index contributed by atoms with van der Waals surface area (Å²) < 4.78 is 17.8. The SMILES string of the molecule is Cc1c(=O)n(C)c(Nc2ccc(I)cc2F)c2c(=O)[nH]c(=O)n(-c3cccc(C4(C(N)=O)CC4)c3)c12. The van der Waals surface area contributed by atoms with Crippen LogP contribution in [-0.4, -0.2) is 20.0 Å². The fourth-order valence-corrected chi connectivity index (χ4v) is 5.04. The number of benzene rings is 2. The molecule has 0 aliphatic heterocycles. The van der Waals surface area contributed by atoms with Crippen LogP contribution >= 0.6 is 22.6 Å². The maximum Gasteiger partial charge on any atom is 0.333 e. The van der Waals surface area contributed by atoms with Crippen LogP contribution in [0.2, 0.25) is 0 Å². The predicted molar refractivity (Wildman–Crippen MR) is 143 cm³/mol. The lowest BCUT2D eigenvalue weighted by Crippen LogP contribution is -2.34. The minimum atomic E-state index is -0.794. The Kier molecular flexibility index (Phi) is 5.62. The molecule has 0 spiro atoms. The number of halogens is 2. The van der Waals surface area contributed by atoms with Gasteiger partial charge >= 0.3 is 5.69 Å². The van der Waals surface area contributed by atoms with E-state index in [9.17, 15) is 23.6 Å². The normalized spacial score (nSPS) is 14.1. The highest BCUT2D eigenvalue weighted by Crippen LogP contribution is 2.48. The van der Waals surface area contributed by atoms with E-state index in [1.54, 1.807) is 30.3 Å². The molecule has 0 radical (unpaired) electrons. The van der Waals surface area contributed by atoms with Gasteiger partial charge in [-0.15, -0.1) is 0 Å². The van der Waals surface area contributed by atoms with Gasteiger partial charge in [-0.25, -0.2) is 9.18 Å². The van der Waals surface area contributed by atoms with Crippen molar-refractivity contribution < 1.29 is 9.18 Å². The van der Waals surface area contributed by atoms with Crippen LogP contribution in [0.5, 0.6) is 0 Å². The van der Waals surface area contributed by atoms with Gasteiger partial charge in [-0.05, 0) is 78.3 Å². The van der Waals surface area contributed by atoms with Gasteiger partial charge in [0.25, 0.3) is 11.1 Å². The molecule has 184 valence electrons. The van der Waals surface area contributed by atoms with Crippen LogP contribution in [0.4, 0.5) is 15.9 Å². The number of nitrogens with one attached hydrogen (secondary N) is 2. The zero-order valence-corrected chi connectivity index (χ0v) is 21.5. The first-order chi connectivity index (χ1) is 17.0. The van der Waals surface area contributed by atoms with Crippen molar-refractivity contribution in [2.24, 2.45) is 12.8 Å². The zero-order chi connectivity index (χ0) is 25.9. The molecule has 36 heavy (non-hydrogen) atoms. The van der Waals surface area contributed by atoms with E-state index in [-0.39, 0.29) is 28.0 Å². The van der Waals surface area contributed by atoms with Gasteiger partial charge in [0.2, 0.25) is 5.91 Å². The first-order valence-electron chi connectivity index (χ1n) is 11.1. The second-order valence-corrected chi connectivity index (χ2v) is 10.1. The fraction of sp³-hybridized carbons (Fsp3) is 0.200. The number of rotatable bonds is 5. The molecule has 5 rings (SSSR count). The van der Waals surface area contributed by atoms with Gasteiger partial charge in [0.15, 0.2) is 0 Å². The third-order valence-electron chi connectivity index (χ3n) is 6.73. The number of nitrogens with two attached hydrogens (primary N) is 1. The van der Waals surface area contributed by atoms with E-state index in [0.29, 0.717) is 27.7 Å². The molecule has 4 N–H and O–H groups in total. The van der Waals surface area contributed by atoms with Crippen molar-refractivity contribution >= 4 is 50.9 Å². The first kappa shape index (κ1) is 24.0. The average molecular weight is 601 g/mol. The summed E-state index contributed by atoms with van der Waals surface area (Å²) in [4.78, 5) is 53.8. The monoisotopic (exact) mass is 601 g/mol. The summed E-state index contributed by atoms with van der Waals surface area (Å²) in [5.41, 5.74) is 4.19. The van der Waals surface area contributed by atoms with E-state index in [0.717, 1.165) is 0 Å². The molecule has 9 nitrogen and oxygen atoms in total. The van der Waals surface area contributed by atoms with Crippen LogP contribution in [0, 0.1) is 16.3 Å². The summed E-state index contributed by atoms with van der Waals surface area (Å²) in [7, 11) is 1.46. The Morgan fingerprint density at radius 2 is 1.89 bits per heavy atom. The number of nitrogens with zero attached hydrogens (tertiary/aromatic N) is 2. The molecule has 0 saturated heterocycles. The molecule has 1 aliphatic rings. The van der Waals surface area contributed by atoms with Crippen LogP contribution in [0.3, 0.4) is 0 Å². The number of aromatic nitrogens is 3. The summed E-state index contributed by atoms with van der Waals surface area (Å²) >= 11 is 1.97. The number of anilines is 2. The van der Waals surface area contributed by atoms with Gasteiger partial charge < -0.3 is 11.1 Å². The zero-order valence-electron chi connectivity index (χ0n) is 19.3. The molecular formula is C25H21FIN5O4. The molecule has 1 amide bonds. The Morgan fingerprint density at radius 1 is 1.17 bits per heavy atom. The molecule has 2 aromatic carbocycles. The first-order valence-corrected chi connectivity index (χ1v) is 12.1. The third kappa shape index (κ3) is 3.65. The summed E-state index contributed by atoms with van der Waals surface area (Å²) in [5.74, 6) is -0.987. The maximum absolute atomic E-state index is 14.7.